The highest BCUT2D eigenvalue weighted by Crippen LogP contribution is 2.36. The summed E-state index contributed by atoms with van der Waals surface area (Å²) in [4.78, 5) is 18.1. The zero-order chi connectivity index (χ0) is 14.8. The highest BCUT2D eigenvalue weighted by molar-refractivity contribution is 9.10. The first-order chi connectivity index (χ1) is 10.2. The lowest BCUT2D eigenvalue weighted by atomic mass is 10.0. The highest BCUT2D eigenvalue weighted by Gasteiger charge is 2.22. The summed E-state index contributed by atoms with van der Waals surface area (Å²) < 4.78 is 5.94. The van der Waals surface area contributed by atoms with Crippen LogP contribution in [0.1, 0.15) is 12.8 Å². The Bertz CT molecular complexity index is 667. The number of fused-ring (bicyclic) bond motifs is 1. The SMILES string of the molecule is O=[N+]([O-])c1cc(Br)c2nc[nH]c2c1NCC1CCOCC1. The molecule has 7 nitrogen and oxygen atoms in total. The van der Waals surface area contributed by atoms with Gasteiger partial charge in [-0.05, 0) is 34.7 Å². The summed E-state index contributed by atoms with van der Waals surface area (Å²) in [5.41, 5.74) is 1.89. The van der Waals surface area contributed by atoms with Crippen molar-refractivity contribution in [1.29, 1.82) is 0 Å². The third-order valence-electron chi connectivity index (χ3n) is 3.74. The van der Waals surface area contributed by atoms with E-state index < -0.39 is 0 Å². The van der Waals surface area contributed by atoms with Crippen LogP contribution < -0.4 is 5.32 Å². The fourth-order valence-corrected chi connectivity index (χ4v) is 3.09. The molecule has 0 amide bonds. The summed E-state index contributed by atoms with van der Waals surface area (Å²) in [6.45, 7) is 2.21. The van der Waals surface area contributed by atoms with E-state index in [-0.39, 0.29) is 10.6 Å². The quantitative estimate of drug-likeness (QED) is 0.649. The van der Waals surface area contributed by atoms with Crippen molar-refractivity contribution in [3.63, 3.8) is 0 Å². The van der Waals surface area contributed by atoms with Gasteiger partial charge in [-0.3, -0.25) is 10.1 Å². The Morgan fingerprint density at radius 1 is 1.52 bits per heavy atom. The van der Waals surface area contributed by atoms with E-state index in [1.165, 1.54) is 6.07 Å². The molecule has 2 heterocycles. The van der Waals surface area contributed by atoms with E-state index in [9.17, 15) is 10.1 Å². The molecule has 112 valence electrons. The van der Waals surface area contributed by atoms with Gasteiger partial charge < -0.3 is 15.0 Å². The molecule has 0 bridgehead atoms. The molecule has 21 heavy (non-hydrogen) atoms. The summed E-state index contributed by atoms with van der Waals surface area (Å²) in [5, 5.41) is 14.5. The van der Waals surface area contributed by atoms with E-state index in [1.54, 1.807) is 6.33 Å². The lowest BCUT2D eigenvalue weighted by Crippen LogP contribution is -2.23. The summed E-state index contributed by atoms with van der Waals surface area (Å²) in [5.74, 6) is 0.472. The first-order valence-electron chi connectivity index (χ1n) is 6.78. The van der Waals surface area contributed by atoms with Gasteiger partial charge in [0, 0.05) is 25.8 Å². The van der Waals surface area contributed by atoms with Gasteiger partial charge >= 0.3 is 0 Å². The van der Waals surface area contributed by atoms with Gasteiger partial charge in [0.2, 0.25) is 0 Å². The Morgan fingerprint density at radius 2 is 2.29 bits per heavy atom. The number of hydrogen-bond acceptors (Lipinski definition) is 5. The predicted octanol–water partition coefficient (Wildman–Crippen LogP) is 3.07. The molecule has 2 aromatic rings. The fourth-order valence-electron chi connectivity index (χ4n) is 2.57. The van der Waals surface area contributed by atoms with Crippen LogP contribution in [-0.4, -0.2) is 34.6 Å². The number of ether oxygens (including phenoxy) is 1. The van der Waals surface area contributed by atoms with Crippen molar-refractivity contribution in [3.8, 4) is 0 Å². The van der Waals surface area contributed by atoms with Crippen LogP contribution in [0.2, 0.25) is 0 Å². The number of aromatic nitrogens is 2. The van der Waals surface area contributed by atoms with E-state index in [0.29, 0.717) is 33.7 Å². The Hall–Kier alpha value is -1.67. The molecular weight excluding hydrogens is 340 g/mol. The van der Waals surface area contributed by atoms with Crippen LogP contribution in [0.3, 0.4) is 0 Å². The second kappa shape index (κ2) is 5.98. The molecule has 0 radical (unpaired) electrons. The summed E-state index contributed by atoms with van der Waals surface area (Å²) >= 11 is 3.33. The van der Waals surface area contributed by atoms with E-state index in [0.717, 1.165) is 26.1 Å². The van der Waals surface area contributed by atoms with Gasteiger partial charge in [-0.15, -0.1) is 0 Å². The summed E-state index contributed by atoms with van der Waals surface area (Å²) in [6, 6.07) is 1.50. The highest BCUT2D eigenvalue weighted by atomic mass is 79.9. The van der Waals surface area contributed by atoms with Crippen LogP contribution in [0.4, 0.5) is 11.4 Å². The number of aromatic amines is 1. The molecule has 0 aliphatic carbocycles. The molecule has 1 aromatic heterocycles. The number of nitro groups is 1. The Kier molecular flexibility index (Phi) is 4.07. The maximum absolute atomic E-state index is 11.3. The molecule has 1 fully saturated rings. The van der Waals surface area contributed by atoms with E-state index in [4.69, 9.17) is 4.74 Å². The number of benzene rings is 1. The average molecular weight is 355 g/mol. The van der Waals surface area contributed by atoms with E-state index >= 15 is 0 Å². The second-order valence-electron chi connectivity index (χ2n) is 5.07. The smallest absolute Gasteiger partial charge is 0.295 e. The maximum atomic E-state index is 11.3. The first kappa shape index (κ1) is 14.3. The second-order valence-corrected chi connectivity index (χ2v) is 5.93. The monoisotopic (exact) mass is 354 g/mol. The molecule has 1 saturated heterocycles. The molecule has 2 N–H and O–H groups in total. The number of imidazole rings is 1. The van der Waals surface area contributed by atoms with Crippen LogP contribution in [0.25, 0.3) is 11.0 Å². The van der Waals surface area contributed by atoms with Crippen molar-refractivity contribution in [2.24, 2.45) is 5.92 Å². The van der Waals surface area contributed by atoms with Crippen LogP contribution in [0, 0.1) is 16.0 Å². The number of rotatable bonds is 4. The summed E-state index contributed by atoms with van der Waals surface area (Å²) in [7, 11) is 0. The lowest BCUT2D eigenvalue weighted by molar-refractivity contribution is -0.383. The number of nitrogens with zero attached hydrogens (tertiary/aromatic N) is 2. The molecule has 0 atom stereocenters. The zero-order valence-electron chi connectivity index (χ0n) is 11.3. The van der Waals surface area contributed by atoms with Crippen LogP contribution in [0.5, 0.6) is 0 Å². The minimum atomic E-state index is -0.378. The van der Waals surface area contributed by atoms with Crippen LogP contribution in [-0.2, 0) is 4.74 Å². The Balaban J connectivity index is 1.91. The van der Waals surface area contributed by atoms with Crippen molar-refractivity contribution >= 4 is 38.3 Å². The largest absolute Gasteiger partial charge is 0.381 e. The molecular formula is C13H15BrN4O3. The van der Waals surface area contributed by atoms with Crippen molar-refractivity contribution in [1.82, 2.24) is 9.97 Å². The van der Waals surface area contributed by atoms with Crippen molar-refractivity contribution in [2.75, 3.05) is 25.1 Å². The molecule has 0 spiro atoms. The van der Waals surface area contributed by atoms with Crippen LogP contribution >= 0.6 is 15.9 Å². The topological polar surface area (TPSA) is 93.1 Å². The third-order valence-corrected chi connectivity index (χ3v) is 4.34. The predicted molar refractivity (Wildman–Crippen MR) is 82.5 cm³/mol. The molecule has 8 heteroatoms. The molecule has 0 unspecified atom stereocenters. The molecule has 1 aromatic carbocycles. The van der Waals surface area contributed by atoms with Gasteiger partial charge in [-0.2, -0.15) is 0 Å². The third kappa shape index (κ3) is 2.86. The number of hydrogen-bond donors (Lipinski definition) is 2. The summed E-state index contributed by atoms with van der Waals surface area (Å²) in [6.07, 6.45) is 3.49. The van der Waals surface area contributed by atoms with E-state index in [2.05, 4.69) is 31.2 Å². The minimum absolute atomic E-state index is 0.0469. The normalized spacial score (nSPS) is 16.2. The molecule has 3 rings (SSSR count). The minimum Gasteiger partial charge on any atom is -0.381 e. The average Bonchev–Trinajstić information content (AvgIpc) is 2.97. The van der Waals surface area contributed by atoms with Crippen molar-refractivity contribution < 1.29 is 9.66 Å². The zero-order valence-corrected chi connectivity index (χ0v) is 12.9. The van der Waals surface area contributed by atoms with Gasteiger partial charge in [0.1, 0.15) is 11.2 Å². The standard InChI is InChI=1S/C13H15BrN4O3/c14-9-5-10(18(19)20)12(13-11(9)16-7-17-13)15-6-8-1-3-21-4-2-8/h5,7-8,15H,1-4,6H2,(H,16,17). The number of anilines is 1. The number of nitrogens with one attached hydrogen (secondary N) is 2. The van der Waals surface area contributed by atoms with E-state index in [1.807, 2.05) is 0 Å². The molecule has 1 aliphatic heterocycles. The fraction of sp³-hybridized carbons (Fsp3) is 0.462. The number of H-pyrrole nitrogens is 1. The maximum Gasteiger partial charge on any atom is 0.295 e. The van der Waals surface area contributed by atoms with Crippen LogP contribution in [0.15, 0.2) is 16.9 Å². The van der Waals surface area contributed by atoms with Crippen molar-refractivity contribution in [3.05, 3.63) is 27.0 Å². The number of nitro benzene ring substituents is 1. The molecule has 0 saturated carbocycles. The van der Waals surface area contributed by atoms with Gasteiger partial charge in [0.05, 0.1) is 21.2 Å². The van der Waals surface area contributed by atoms with Gasteiger partial charge in [0.25, 0.3) is 5.69 Å². The van der Waals surface area contributed by atoms with Gasteiger partial charge in [-0.1, -0.05) is 0 Å². The molecule has 1 aliphatic rings. The Labute approximate surface area is 129 Å². The lowest BCUT2D eigenvalue weighted by Gasteiger charge is -2.22. The van der Waals surface area contributed by atoms with Gasteiger partial charge in [-0.25, -0.2) is 4.98 Å². The van der Waals surface area contributed by atoms with Crippen molar-refractivity contribution in [2.45, 2.75) is 12.8 Å². The number of halogens is 1. The Morgan fingerprint density at radius 3 is 3.00 bits per heavy atom. The van der Waals surface area contributed by atoms with Gasteiger partial charge in [0.15, 0.2) is 0 Å². The first-order valence-corrected chi connectivity index (χ1v) is 7.57.